The monoisotopic (exact) mass is 383 g/mol. The van der Waals surface area contributed by atoms with E-state index < -0.39 is 22.1 Å². The van der Waals surface area contributed by atoms with E-state index in [2.05, 4.69) is 10.3 Å². The Morgan fingerprint density at radius 1 is 1.23 bits per heavy atom. The number of rotatable bonds is 6. The molecule has 1 saturated heterocycles. The van der Waals surface area contributed by atoms with Gasteiger partial charge in [-0.05, 0) is 38.7 Å². The fourth-order valence-electron chi connectivity index (χ4n) is 3.39. The summed E-state index contributed by atoms with van der Waals surface area (Å²) in [7, 11) is -3.60. The number of sulfonamides is 1. The molecule has 1 aromatic heterocycles. The second-order valence-corrected chi connectivity index (χ2v) is 8.84. The normalized spacial score (nSPS) is 20.2. The Balaban J connectivity index is 1.59. The van der Waals surface area contributed by atoms with E-state index in [4.69, 9.17) is 4.74 Å². The largest absolute Gasteiger partial charge is 0.448 e. The standard InChI is InChI=1S/C17H25N3O5S/c1-12(16(21)19-13-6-2-3-7-13)25-17(22)15-10-14(11-18-15)26(23,24)20-8-4-5-9-20/h10-13,18H,2-9H2,1H3,(H,19,21). The van der Waals surface area contributed by atoms with E-state index in [1.807, 2.05) is 0 Å². The molecular formula is C17H25N3O5S. The van der Waals surface area contributed by atoms with Crippen molar-refractivity contribution in [3.8, 4) is 0 Å². The molecule has 1 atom stereocenters. The van der Waals surface area contributed by atoms with Crippen LogP contribution in [0, 0.1) is 0 Å². The fourth-order valence-corrected chi connectivity index (χ4v) is 4.90. The van der Waals surface area contributed by atoms with Crippen molar-refractivity contribution < 1.29 is 22.7 Å². The van der Waals surface area contributed by atoms with Gasteiger partial charge in [-0.2, -0.15) is 4.31 Å². The molecule has 1 aliphatic carbocycles. The first-order chi connectivity index (χ1) is 12.4. The Morgan fingerprint density at radius 2 is 1.88 bits per heavy atom. The summed E-state index contributed by atoms with van der Waals surface area (Å²) in [4.78, 5) is 27.0. The summed E-state index contributed by atoms with van der Waals surface area (Å²) in [6, 6.07) is 1.41. The number of nitrogens with zero attached hydrogens (tertiary/aromatic N) is 1. The van der Waals surface area contributed by atoms with Crippen molar-refractivity contribution in [1.29, 1.82) is 0 Å². The maximum atomic E-state index is 12.5. The van der Waals surface area contributed by atoms with E-state index in [1.54, 1.807) is 0 Å². The molecule has 0 radical (unpaired) electrons. The predicted molar refractivity (Wildman–Crippen MR) is 94.1 cm³/mol. The number of esters is 1. The van der Waals surface area contributed by atoms with E-state index in [0.29, 0.717) is 13.1 Å². The number of carbonyl (C=O) groups is 2. The van der Waals surface area contributed by atoms with E-state index >= 15 is 0 Å². The number of aromatic amines is 1. The van der Waals surface area contributed by atoms with Crippen LogP contribution in [0.4, 0.5) is 0 Å². The molecule has 1 unspecified atom stereocenters. The molecule has 2 N–H and O–H groups in total. The number of aromatic nitrogens is 1. The Morgan fingerprint density at radius 3 is 2.54 bits per heavy atom. The number of H-pyrrole nitrogens is 1. The van der Waals surface area contributed by atoms with Gasteiger partial charge in [0.05, 0.1) is 0 Å². The molecule has 0 spiro atoms. The minimum Gasteiger partial charge on any atom is -0.448 e. The first-order valence-electron chi connectivity index (χ1n) is 9.08. The highest BCUT2D eigenvalue weighted by atomic mass is 32.2. The van der Waals surface area contributed by atoms with Crippen molar-refractivity contribution in [2.45, 2.75) is 62.5 Å². The van der Waals surface area contributed by atoms with Crippen LogP contribution < -0.4 is 5.32 Å². The molecule has 3 rings (SSSR count). The molecule has 1 saturated carbocycles. The zero-order valence-corrected chi connectivity index (χ0v) is 15.7. The third-order valence-electron chi connectivity index (χ3n) is 4.93. The van der Waals surface area contributed by atoms with Crippen LogP contribution >= 0.6 is 0 Å². The molecule has 2 fully saturated rings. The molecule has 144 valence electrons. The predicted octanol–water partition coefficient (Wildman–Crippen LogP) is 1.40. The van der Waals surface area contributed by atoms with E-state index in [9.17, 15) is 18.0 Å². The van der Waals surface area contributed by atoms with Crippen molar-refractivity contribution in [2.24, 2.45) is 0 Å². The highest BCUT2D eigenvalue weighted by Gasteiger charge is 2.29. The average molecular weight is 383 g/mol. The fraction of sp³-hybridized carbons (Fsp3) is 0.647. The SMILES string of the molecule is CC(OC(=O)c1cc(S(=O)(=O)N2CCCC2)c[nH]1)C(=O)NC1CCCC1. The zero-order valence-electron chi connectivity index (χ0n) is 14.9. The lowest BCUT2D eigenvalue weighted by molar-refractivity contribution is -0.129. The minimum absolute atomic E-state index is 0.0169. The van der Waals surface area contributed by atoms with Crippen LogP contribution in [-0.2, 0) is 19.6 Å². The number of amides is 1. The first kappa shape index (κ1) is 18.9. The maximum absolute atomic E-state index is 12.5. The molecule has 0 aromatic carbocycles. The van der Waals surface area contributed by atoms with E-state index in [-0.39, 0.29) is 22.5 Å². The highest BCUT2D eigenvalue weighted by molar-refractivity contribution is 7.89. The quantitative estimate of drug-likeness (QED) is 0.722. The lowest BCUT2D eigenvalue weighted by atomic mass is 10.2. The molecule has 8 nitrogen and oxygen atoms in total. The number of nitrogens with one attached hydrogen (secondary N) is 2. The summed E-state index contributed by atoms with van der Waals surface area (Å²) in [6.07, 6.45) is 6.10. The first-order valence-corrected chi connectivity index (χ1v) is 10.5. The van der Waals surface area contributed by atoms with Crippen LogP contribution in [0.15, 0.2) is 17.2 Å². The van der Waals surface area contributed by atoms with Gasteiger partial charge < -0.3 is 15.0 Å². The summed E-state index contributed by atoms with van der Waals surface area (Å²) in [5, 5.41) is 2.87. The van der Waals surface area contributed by atoms with Crippen LogP contribution in [0.25, 0.3) is 0 Å². The molecule has 1 aliphatic heterocycles. The third kappa shape index (κ3) is 4.09. The molecular weight excluding hydrogens is 358 g/mol. The third-order valence-corrected chi connectivity index (χ3v) is 6.81. The van der Waals surface area contributed by atoms with Crippen molar-refractivity contribution in [2.75, 3.05) is 13.1 Å². The van der Waals surface area contributed by atoms with Crippen molar-refractivity contribution in [1.82, 2.24) is 14.6 Å². The lowest BCUT2D eigenvalue weighted by Crippen LogP contribution is -2.40. The number of ether oxygens (including phenoxy) is 1. The second kappa shape index (κ2) is 7.79. The van der Waals surface area contributed by atoms with Crippen LogP contribution in [0.2, 0.25) is 0 Å². The Kier molecular flexibility index (Phi) is 5.67. The summed E-state index contributed by atoms with van der Waals surface area (Å²) < 4.78 is 31.5. The van der Waals surface area contributed by atoms with Gasteiger partial charge in [0.2, 0.25) is 10.0 Å². The molecule has 26 heavy (non-hydrogen) atoms. The van der Waals surface area contributed by atoms with Gasteiger partial charge in [-0.1, -0.05) is 12.8 Å². The van der Waals surface area contributed by atoms with Crippen LogP contribution in [0.1, 0.15) is 55.9 Å². The Bertz CT molecular complexity index is 761. The van der Waals surface area contributed by atoms with E-state index in [1.165, 1.54) is 23.5 Å². The smallest absolute Gasteiger partial charge is 0.355 e. The number of hydrogen-bond donors (Lipinski definition) is 2. The van der Waals surface area contributed by atoms with Crippen LogP contribution in [0.3, 0.4) is 0 Å². The topological polar surface area (TPSA) is 109 Å². The van der Waals surface area contributed by atoms with Gasteiger partial charge in [0, 0.05) is 25.3 Å². The van der Waals surface area contributed by atoms with Gasteiger partial charge in [0.15, 0.2) is 6.10 Å². The Hall–Kier alpha value is -1.87. The number of carbonyl (C=O) groups excluding carboxylic acids is 2. The molecule has 1 aromatic rings. The summed E-state index contributed by atoms with van der Waals surface area (Å²) in [5.41, 5.74) is 0.0169. The van der Waals surface area contributed by atoms with Crippen molar-refractivity contribution in [3.63, 3.8) is 0 Å². The van der Waals surface area contributed by atoms with Gasteiger partial charge in [-0.25, -0.2) is 13.2 Å². The molecule has 2 aliphatic rings. The number of hydrogen-bond acceptors (Lipinski definition) is 5. The molecule has 1 amide bonds. The Labute approximate surface area is 153 Å². The highest BCUT2D eigenvalue weighted by Crippen LogP contribution is 2.22. The molecule has 0 bridgehead atoms. The maximum Gasteiger partial charge on any atom is 0.355 e. The summed E-state index contributed by atoms with van der Waals surface area (Å²) in [6.45, 7) is 2.49. The van der Waals surface area contributed by atoms with Crippen molar-refractivity contribution >= 4 is 21.9 Å². The van der Waals surface area contributed by atoms with E-state index in [0.717, 1.165) is 38.5 Å². The van der Waals surface area contributed by atoms with Crippen molar-refractivity contribution in [3.05, 3.63) is 18.0 Å². The van der Waals surface area contributed by atoms with Crippen LogP contribution in [-0.4, -0.2) is 54.8 Å². The summed E-state index contributed by atoms with van der Waals surface area (Å²) in [5.74, 6) is -1.08. The second-order valence-electron chi connectivity index (χ2n) is 6.90. The van der Waals surface area contributed by atoms with Gasteiger partial charge in [-0.3, -0.25) is 4.79 Å². The average Bonchev–Trinajstić information content (AvgIpc) is 3.35. The van der Waals surface area contributed by atoms with Gasteiger partial charge in [0.25, 0.3) is 5.91 Å². The minimum atomic E-state index is -3.60. The van der Waals surface area contributed by atoms with Gasteiger partial charge >= 0.3 is 5.97 Å². The lowest BCUT2D eigenvalue weighted by Gasteiger charge is -2.16. The molecule has 9 heteroatoms. The summed E-state index contributed by atoms with van der Waals surface area (Å²) >= 11 is 0. The zero-order chi connectivity index (χ0) is 18.7. The molecule has 2 heterocycles. The van der Waals surface area contributed by atoms with Crippen LogP contribution in [0.5, 0.6) is 0 Å². The van der Waals surface area contributed by atoms with Gasteiger partial charge in [-0.15, -0.1) is 0 Å². The van der Waals surface area contributed by atoms with Gasteiger partial charge in [0.1, 0.15) is 10.6 Å².